The van der Waals surface area contributed by atoms with Gasteiger partial charge in [-0.1, -0.05) is 23.7 Å². The summed E-state index contributed by atoms with van der Waals surface area (Å²) in [5, 5.41) is 28.5. The number of cyclic esters (lactones) is 1. The van der Waals surface area contributed by atoms with Crippen molar-refractivity contribution in [2.45, 2.75) is 18.8 Å². The molecular weight excluding hydrogens is 288 g/mol. The Morgan fingerprint density at radius 3 is 2.60 bits per heavy atom. The lowest BCUT2D eigenvalue weighted by Crippen LogP contribution is -2.32. The van der Waals surface area contributed by atoms with E-state index in [-0.39, 0.29) is 12.4 Å². The molecule has 0 unspecified atom stereocenters. The minimum atomic E-state index is -1.36. The van der Waals surface area contributed by atoms with E-state index >= 15 is 0 Å². The standard InChI is InChI=1S/C13H13ClO6/c14-8-3-1-7(2-4-8)6-19-12-10(17)13(18)20-11(12)9(16)5-15/h1-4,9,11,15-17H,5-6H2/t9-,11+/m0/s1. The van der Waals surface area contributed by atoms with E-state index in [0.717, 1.165) is 5.56 Å². The summed E-state index contributed by atoms with van der Waals surface area (Å²) in [4.78, 5) is 11.3. The molecule has 1 aliphatic rings. The third-order valence-electron chi connectivity index (χ3n) is 2.76. The van der Waals surface area contributed by atoms with E-state index in [1.54, 1.807) is 24.3 Å². The molecule has 0 aromatic heterocycles. The highest BCUT2D eigenvalue weighted by Crippen LogP contribution is 2.26. The maximum Gasteiger partial charge on any atom is 0.378 e. The number of hydrogen-bond donors (Lipinski definition) is 3. The highest BCUT2D eigenvalue weighted by Gasteiger charge is 2.40. The van der Waals surface area contributed by atoms with Crippen molar-refractivity contribution in [3.05, 3.63) is 46.4 Å². The number of benzene rings is 1. The minimum absolute atomic E-state index is 0.0574. The molecule has 2 atom stereocenters. The first-order chi connectivity index (χ1) is 9.52. The lowest BCUT2D eigenvalue weighted by molar-refractivity contribution is -0.148. The van der Waals surface area contributed by atoms with Crippen LogP contribution in [0.25, 0.3) is 0 Å². The maximum absolute atomic E-state index is 11.3. The van der Waals surface area contributed by atoms with Crippen LogP contribution in [0, 0.1) is 0 Å². The Bertz CT molecular complexity index is 524. The number of hydrogen-bond acceptors (Lipinski definition) is 6. The van der Waals surface area contributed by atoms with E-state index in [1.807, 2.05) is 0 Å². The van der Waals surface area contributed by atoms with Crippen LogP contribution in [0.1, 0.15) is 5.56 Å². The molecule has 2 rings (SSSR count). The van der Waals surface area contributed by atoms with Gasteiger partial charge >= 0.3 is 5.97 Å². The fourth-order valence-corrected chi connectivity index (χ4v) is 1.83. The van der Waals surface area contributed by atoms with Gasteiger partial charge in [0, 0.05) is 5.02 Å². The zero-order valence-electron chi connectivity index (χ0n) is 10.3. The average Bonchev–Trinajstić information content (AvgIpc) is 2.73. The van der Waals surface area contributed by atoms with Crippen molar-refractivity contribution in [1.82, 2.24) is 0 Å². The van der Waals surface area contributed by atoms with Gasteiger partial charge in [0.1, 0.15) is 12.7 Å². The van der Waals surface area contributed by atoms with Crippen LogP contribution >= 0.6 is 11.6 Å². The molecule has 0 aliphatic carbocycles. The Kier molecular flexibility index (Phi) is 4.49. The quantitative estimate of drug-likeness (QED) is 0.699. The molecule has 0 spiro atoms. The van der Waals surface area contributed by atoms with Gasteiger partial charge in [-0.25, -0.2) is 4.79 Å². The van der Waals surface area contributed by atoms with Crippen molar-refractivity contribution in [3.63, 3.8) is 0 Å². The molecule has 7 heteroatoms. The molecule has 108 valence electrons. The molecule has 3 N–H and O–H groups in total. The normalized spacial score (nSPS) is 19.9. The first-order valence-electron chi connectivity index (χ1n) is 5.83. The first kappa shape index (κ1) is 14.6. The predicted octanol–water partition coefficient (Wildman–Crippen LogP) is 0.905. The number of aliphatic hydroxyl groups is 3. The molecule has 1 aromatic rings. The summed E-state index contributed by atoms with van der Waals surface area (Å²) in [6, 6.07) is 6.78. The molecule has 0 bridgehead atoms. The van der Waals surface area contributed by atoms with Gasteiger partial charge in [0.25, 0.3) is 0 Å². The van der Waals surface area contributed by atoms with Crippen molar-refractivity contribution >= 4 is 17.6 Å². The summed E-state index contributed by atoms with van der Waals surface area (Å²) in [6.07, 6.45) is -2.57. The molecule has 0 amide bonds. The summed E-state index contributed by atoms with van der Waals surface area (Å²) >= 11 is 5.75. The smallest absolute Gasteiger partial charge is 0.378 e. The van der Waals surface area contributed by atoms with E-state index < -0.39 is 30.5 Å². The van der Waals surface area contributed by atoms with E-state index in [2.05, 4.69) is 0 Å². The van der Waals surface area contributed by atoms with Crippen LogP contribution in [-0.2, 0) is 20.9 Å². The SMILES string of the molecule is O=C1O[C@H]([C@@H](O)CO)C(OCc2ccc(Cl)cc2)=C1O. The second-order valence-corrected chi connectivity index (χ2v) is 4.64. The minimum Gasteiger partial charge on any atom is -0.499 e. The highest BCUT2D eigenvalue weighted by atomic mass is 35.5. The molecule has 0 fully saturated rings. The first-order valence-corrected chi connectivity index (χ1v) is 6.21. The number of carbonyl (C=O) groups is 1. The van der Waals surface area contributed by atoms with Gasteiger partial charge in [-0.15, -0.1) is 0 Å². The summed E-state index contributed by atoms with van der Waals surface area (Å²) < 4.78 is 10.0. The van der Waals surface area contributed by atoms with E-state index in [4.69, 9.17) is 26.2 Å². The van der Waals surface area contributed by atoms with E-state index in [0.29, 0.717) is 5.02 Å². The monoisotopic (exact) mass is 300 g/mol. The van der Waals surface area contributed by atoms with Gasteiger partial charge in [0.2, 0.25) is 5.76 Å². The predicted molar refractivity (Wildman–Crippen MR) is 68.9 cm³/mol. The third kappa shape index (κ3) is 3.04. The summed E-state index contributed by atoms with van der Waals surface area (Å²) in [7, 11) is 0. The number of ether oxygens (including phenoxy) is 2. The topological polar surface area (TPSA) is 96.2 Å². The summed E-state index contributed by atoms with van der Waals surface area (Å²) in [5.74, 6) is -1.88. The molecular formula is C13H13ClO6. The van der Waals surface area contributed by atoms with E-state index in [1.165, 1.54) is 0 Å². The number of halogens is 1. The van der Waals surface area contributed by atoms with Crippen molar-refractivity contribution in [2.24, 2.45) is 0 Å². The van der Waals surface area contributed by atoms with Crippen LogP contribution < -0.4 is 0 Å². The van der Waals surface area contributed by atoms with Gasteiger partial charge < -0.3 is 24.8 Å². The van der Waals surface area contributed by atoms with Crippen LogP contribution in [0.15, 0.2) is 35.8 Å². The second kappa shape index (κ2) is 6.13. The van der Waals surface area contributed by atoms with Gasteiger partial charge in [-0.05, 0) is 17.7 Å². The lowest BCUT2D eigenvalue weighted by atomic mass is 10.2. The maximum atomic E-state index is 11.3. The zero-order valence-corrected chi connectivity index (χ0v) is 11.1. The van der Waals surface area contributed by atoms with Crippen LogP contribution in [0.4, 0.5) is 0 Å². The Hall–Kier alpha value is -1.76. The average molecular weight is 301 g/mol. The Morgan fingerprint density at radius 2 is 2.00 bits per heavy atom. The Balaban J connectivity index is 2.09. The van der Waals surface area contributed by atoms with Crippen LogP contribution in [-0.4, -0.2) is 40.1 Å². The number of aliphatic hydroxyl groups excluding tert-OH is 3. The highest BCUT2D eigenvalue weighted by molar-refractivity contribution is 6.30. The molecule has 0 radical (unpaired) electrons. The molecule has 20 heavy (non-hydrogen) atoms. The molecule has 6 nitrogen and oxygen atoms in total. The molecule has 1 aromatic carbocycles. The Morgan fingerprint density at radius 1 is 1.35 bits per heavy atom. The summed E-state index contributed by atoms with van der Waals surface area (Å²) in [6.45, 7) is -0.569. The van der Waals surface area contributed by atoms with Gasteiger partial charge in [-0.2, -0.15) is 0 Å². The molecule has 0 saturated heterocycles. The third-order valence-corrected chi connectivity index (χ3v) is 3.02. The van der Waals surface area contributed by atoms with Crippen molar-refractivity contribution in [3.8, 4) is 0 Å². The number of rotatable bonds is 5. The molecule has 0 saturated carbocycles. The van der Waals surface area contributed by atoms with Gasteiger partial charge in [0.05, 0.1) is 6.61 Å². The fourth-order valence-electron chi connectivity index (χ4n) is 1.70. The van der Waals surface area contributed by atoms with Crippen LogP contribution in [0.2, 0.25) is 5.02 Å². The molecule has 1 heterocycles. The van der Waals surface area contributed by atoms with Crippen molar-refractivity contribution in [2.75, 3.05) is 6.61 Å². The van der Waals surface area contributed by atoms with Crippen LogP contribution in [0.5, 0.6) is 0 Å². The fraction of sp³-hybridized carbons (Fsp3) is 0.308. The zero-order chi connectivity index (χ0) is 14.7. The number of carbonyl (C=O) groups excluding carboxylic acids is 1. The van der Waals surface area contributed by atoms with Crippen LogP contribution in [0.3, 0.4) is 0 Å². The number of esters is 1. The largest absolute Gasteiger partial charge is 0.499 e. The van der Waals surface area contributed by atoms with Gasteiger partial charge in [-0.3, -0.25) is 0 Å². The Labute approximate surface area is 119 Å². The van der Waals surface area contributed by atoms with E-state index in [9.17, 15) is 15.0 Å². The summed E-state index contributed by atoms with van der Waals surface area (Å²) in [5.41, 5.74) is 0.756. The molecule has 1 aliphatic heterocycles. The lowest BCUT2D eigenvalue weighted by Gasteiger charge is -2.18. The van der Waals surface area contributed by atoms with Gasteiger partial charge in [0.15, 0.2) is 11.9 Å². The van der Waals surface area contributed by atoms with Crippen molar-refractivity contribution in [1.29, 1.82) is 0 Å². The second-order valence-electron chi connectivity index (χ2n) is 4.20. The van der Waals surface area contributed by atoms with Crippen molar-refractivity contribution < 1.29 is 29.6 Å².